The van der Waals surface area contributed by atoms with Crippen LogP contribution in [0.4, 0.5) is 10.1 Å². The average molecular weight is 429 g/mol. The minimum Gasteiger partial charge on any atom is -0.268 e. The SMILES string of the molecule is O=C1/C(=C\c2ccc(Br)cc2)SC(=S)N1c1ccc(F)c(Cl)c1. The lowest BCUT2D eigenvalue weighted by molar-refractivity contribution is -0.113. The minimum absolute atomic E-state index is 0.0477. The predicted octanol–water partition coefficient (Wildman–Crippen LogP) is 5.65. The Bertz CT molecular complexity index is 838. The standard InChI is InChI=1S/C16H8BrClFNOS2/c17-10-3-1-9(2-4-10)7-14-15(21)20(16(22)23-14)11-5-6-13(19)12(18)8-11/h1-8H/b14-7+. The van der Waals surface area contributed by atoms with Crippen LogP contribution in [0.2, 0.25) is 5.02 Å². The molecular formula is C16H8BrClFNOS2. The molecular weight excluding hydrogens is 421 g/mol. The van der Waals surface area contributed by atoms with Crippen LogP contribution in [0.1, 0.15) is 5.56 Å². The number of benzene rings is 2. The van der Waals surface area contributed by atoms with E-state index in [-0.39, 0.29) is 10.9 Å². The van der Waals surface area contributed by atoms with Crippen molar-refractivity contribution in [3.63, 3.8) is 0 Å². The first-order chi connectivity index (χ1) is 11.0. The molecule has 3 rings (SSSR count). The van der Waals surface area contributed by atoms with Crippen molar-refractivity contribution in [3.05, 3.63) is 68.2 Å². The van der Waals surface area contributed by atoms with Gasteiger partial charge in [-0.1, -0.05) is 63.6 Å². The normalized spacial score (nSPS) is 16.5. The van der Waals surface area contributed by atoms with Gasteiger partial charge in [0.25, 0.3) is 5.91 Å². The highest BCUT2D eigenvalue weighted by Gasteiger charge is 2.33. The maximum atomic E-state index is 13.3. The van der Waals surface area contributed by atoms with Gasteiger partial charge < -0.3 is 0 Å². The number of hydrogen-bond donors (Lipinski definition) is 0. The second kappa shape index (κ2) is 6.73. The Morgan fingerprint density at radius 3 is 2.57 bits per heavy atom. The molecule has 116 valence electrons. The lowest BCUT2D eigenvalue weighted by atomic mass is 10.2. The highest BCUT2D eigenvalue weighted by Crippen LogP contribution is 2.37. The molecule has 1 heterocycles. The first-order valence-corrected chi connectivity index (χ1v) is 8.84. The van der Waals surface area contributed by atoms with Gasteiger partial charge in [0, 0.05) is 4.47 Å². The number of hydrogen-bond acceptors (Lipinski definition) is 3. The average Bonchev–Trinajstić information content (AvgIpc) is 2.79. The number of halogens is 3. The second-order valence-electron chi connectivity index (χ2n) is 4.67. The fourth-order valence-electron chi connectivity index (χ4n) is 2.02. The quantitative estimate of drug-likeness (QED) is 0.455. The van der Waals surface area contributed by atoms with E-state index in [1.165, 1.54) is 34.9 Å². The Morgan fingerprint density at radius 1 is 1.22 bits per heavy atom. The fraction of sp³-hybridized carbons (Fsp3) is 0. The number of carbonyl (C=O) groups excluding carboxylic acids is 1. The third-order valence-corrected chi connectivity index (χ3v) is 5.24. The molecule has 2 aromatic rings. The summed E-state index contributed by atoms with van der Waals surface area (Å²) in [6.45, 7) is 0. The van der Waals surface area contributed by atoms with Gasteiger partial charge in [-0.2, -0.15) is 0 Å². The molecule has 1 aliphatic rings. The van der Waals surface area contributed by atoms with Crippen molar-refractivity contribution in [3.8, 4) is 0 Å². The van der Waals surface area contributed by atoms with Crippen LogP contribution in [-0.4, -0.2) is 10.2 Å². The van der Waals surface area contributed by atoms with E-state index in [9.17, 15) is 9.18 Å². The van der Waals surface area contributed by atoms with Crippen LogP contribution in [-0.2, 0) is 4.79 Å². The smallest absolute Gasteiger partial charge is 0.268 e. The Labute approximate surface area is 155 Å². The van der Waals surface area contributed by atoms with Crippen LogP contribution in [0.5, 0.6) is 0 Å². The Hall–Kier alpha value is -1.21. The zero-order chi connectivity index (χ0) is 16.6. The number of carbonyl (C=O) groups is 1. The number of anilines is 1. The predicted molar refractivity (Wildman–Crippen MR) is 101 cm³/mol. The molecule has 0 unspecified atom stereocenters. The molecule has 0 aliphatic carbocycles. The molecule has 2 nitrogen and oxygen atoms in total. The first kappa shape index (κ1) is 16.6. The van der Waals surface area contributed by atoms with Gasteiger partial charge in [-0.25, -0.2) is 4.39 Å². The molecule has 0 radical (unpaired) electrons. The first-order valence-electron chi connectivity index (χ1n) is 6.44. The fourth-order valence-corrected chi connectivity index (χ4v) is 3.76. The van der Waals surface area contributed by atoms with Crippen LogP contribution >= 0.6 is 51.5 Å². The Balaban J connectivity index is 1.93. The van der Waals surface area contributed by atoms with Crippen molar-refractivity contribution in [2.75, 3.05) is 4.90 Å². The van der Waals surface area contributed by atoms with Gasteiger partial charge in [-0.05, 0) is 42.0 Å². The van der Waals surface area contributed by atoms with Gasteiger partial charge >= 0.3 is 0 Å². The zero-order valence-electron chi connectivity index (χ0n) is 11.4. The molecule has 0 bridgehead atoms. The third-order valence-electron chi connectivity index (χ3n) is 3.12. The number of rotatable bonds is 2. The van der Waals surface area contributed by atoms with Crippen molar-refractivity contribution < 1.29 is 9.18 Å². The molecule has 0 saturated carbocycles. The maximum absolute atomic E-state index is 13.3. The number of thiocarbonyl (C=S) groups is 1. The molecule has 1 saturated heterocycles. The van der Waals surface area contributed by atoms with E-state index in [1.54, 1.807) is 6.08 Å². The number of thioether (sulfide) groups is 1. The largest absolute Gasteiger partial charge is 0.270 e. The van der Waals surface area contributed by atoms with E-state index >= 15 is 0 Å². The van der Waals surface area contributed by atoms with E-state index in [1.807, 2.05) is 24.3 Å². The molecule has 0 spiro atoms. The van der Waals surface area contributed by atoms with Crippen LogP contribution in [0.25, 0.3) is 6.08 Å². The van der Waals surface area contributed by atoms with E-state index in [4.69, 9.17) is 23.8 Å². The summed E-state index contributed by atoms with van der Waals surface area (Å²) in [5.74, 6) is -0.781. The van der Waals surface area contributed by atoms with Gasteiger partial charge in [0.1, 0.15) is 5.82 Å². The van der Waals surface area contributed by atoms with E-state index < -0.39 is 5.82 Å². The highest BCUT2D eigenvalue weighted by atomic mass is 79.9. The monoisotopic (exact) mass is 427 g/mol. The topological polar surface area (TPSA) is 20.3 Å². The summed E-state index contributed by atoms with van der Waals surface area (Å²) in [5.41, 5.74) is 1.35. The van der Waals surface area contributed by atoms with Crippen molar-refractivity contribution in [2.45, 2.75) is 0 Å². The number of amides is 1. The van der Waals surface area contributed by atoms with Crippen LogP contribution in [0.15, 0.2) is 51.8 Å². The van der Waals surface area contributed by atoms with E-state index in [2.05, 4.69) is 15.9 Å². The van der Waals surface area contributed by atoms with Crippen molar-refractivity contribution in [1.29, 1.82) is 0 Å². The molecule has 2 aromatic carbocycles. The summed E-state index contributed by atoms with van der Waals surface area (Å²) in [7, 11) is 0. The highest BCUT2D eigenvalue weighted by molar-refractivity contribution is 9.10. The lowest BCUT2D eigenvalue weighted by Gasteiger charge is -2.14. The molecule has 1 fully saturated rings. The van der Waals surface area contributed by atoms with Gasteiger partial charge in [-0.15, -0.1) is 0 Å². The summed E-state index contributed by atoms with van der Waals surface area (Å²) >= 11 is 15.6. The second-order valence-corrected chi connectivity index (χ2v) is 7.67. The van der Waals surface area contributed by atoms with Gasteiger partial charge in [-0.3, -0.25) is 9.69 Å². The molecule has 1 aliphatic heterocycles. The molecule has 0 aromatic heterocycles. The van der Waals surface area contributed by atoms with Crippen LogP contribution < -0.4 is 4.90 Å². The summed E-state index contributed by atoms with van der Waals surface area (Å²) in [6, 6.07) is 11.7. The minimum atomic E-state index is -0.536. The summed E-state index contributed by atoms with van der Waals surface area (Å²) in [4.78, 5) is 14.5. The van der Waals surface area contributed by atoms with Gasteiger partial charge in [0.15, 0.2) is 4.32 Å². The van der Waals surface area contributed by atoms with E-state index in [0.29, 0.717) is 14.9 Å². The van der Waals surface area contributed by atoms with Crippen LogP contribution in [0, 0.1) is 5.82 Å². The van der Waals surface area contributed by atoms with Gasteiger partial charge in [0.05, 0.1) is 15.6 Å². The summed E-state index contributed by atoms with van der Waals surface area (Å²) < 4.78 is 14.6. The van der Waals surface area contributed by atoms with Crippen molar-refractivity contribution in [1.82, 2.24) is 0 Å². The van der Waals surface area contributed by atoms with Crippen molar-refractivity contribution >= 4 is 73.5 Å². The molecule has 1 amide bonds. The molecule has 0 N–H and O–H groups in total. The molecule has 7 heteroatoms. The maximum Gasteiger partial charge on any atom is 0.270 e. The summed E-state index contributed by atoms with van der Waals surface area (Å²) in [5, 5.41) is -0.0477. The summed E-state index contributed by atoms with van der Waals surface area (Å²) in [6.07, 6.45) is 1.77. The van der Waals surface area contributed by atoms with E-state index in [0.717, 1.165) is 10.0 Å². The Kier molecular flexibility index (Phi) is 4.87. The van der Waals surface area contributed by atoms with Crippen LogP contribution in [0.3, 0.4) is 0 Å². The van der Waals surface area contributed by atoms with Crippen molar-refractivity contribution in [2.24, 2.45) is 0 Å². The number of nitrogens with zero attached hydrogens (tertiary/aromatic N) is 1. The molecule has 23 heavy (non-hydrogen) atoms. The lowest BCUT2D eigenvalue weighted by Crippen LogP contribution is -2.27. The third kappa shape index (κ3) is 3.50. The Morgan fingerprint density at radius 2 is 1.91 bits per heavy atom. The zero-order valence-corrected chi connectivity index (χ0v) is 15.4. The van der Waals surface area contributed by atoms with Gasteiger partial charge in [0.2, 0.25) is 0 Å². The molecule has 0 atom stereocenters.